The highest BCUT2D eigenvalue weighted by molar-refractivity contribution is 5.94. The van der Waals surface area contributed by atoms with Crippen LogP contribution in [0.3, 0.4) is 0 Å². The average Bonchev–Trinajstić information content (AvgIpc) is 3.11. The topological polar surface area (TPSA) is 75.4 Å². The summed E-state index contributed by atoms with van der Waals surface area (Å²) in [4.78, 5) is 25.6. The minimum Gasteiger partial charge on any atom is -0.361 e. The first kappa shape index (κ1) is 18.7. The van der Waals surface area contributed by atoms with Gasteiger partial charge in [-0.25, -0.2) is 0 Å². The predicted molar refractivity (Wildman–Crippen MR) is 89.1 cm³/mol. The molecule has 2 aromatic rings. The number of nitrogens with zero attached hydrogens (tertiary/aromatic N) is 2. The van der Waals surface area contributed by atoms with Gasteiger partial charge in [0.1, 0.15) is 5.76 Å². The van der Waals surface area contributed by atoms with Crippen molar-refractivity contribution in [3.05, 3.63) is 59.0 Å². The molecule has 1 N–H and O–H groups in total. The van der Waals surface area contributed by atoms with Crippen LogP contribution in [0.1, 0.15) is 22.5 Å². The Morgan fingerprint density at radius 1 is 1.26 bits per heavy atom. The summed E-state index contributed by atoms with van der Waals surface area (Å²) in [6.45, 7) is 0.698. The van der Waals surface area contributed by atoms with Crippen LogP contribution in [-0.4, -0.2) is 35.0 Å². The first-order valence-electron chi connectivity index (χ1n) is 8.16. The molecule has 2 heterocycles. The molecule has 0 aliphatic carbocycles. The van der Waals surface area contributed by atoms with Crippen LogP contribution >= 0.6 is 0 Å². The number of carbonyl (C=O) groups is 2. The van der Waals surface area contributed by atoms with E-state index in [1.54, 1.807) is 11.1 Å². The van der Waals surface area contributed by atoms with Crippen molar-refractivity contribution in [1.29, 1.82) is 0 Å². The molecule has 2 amide bonds. The van der Waals surface area contributed by atoms with Crippen LogP contribution in [0.25, 0.3) is 6.08 Å². The molecule has 0 fully saturated rings. The molecule has 0 unspecified atom stereocenters. The van der Waals surface area contributed by atoms with Gasteiger partial charge in [-0.2, -0.15) is 13.2 Å². The van der Waals surface area contributed by atoms with Crippen molar-refractivity contribution < 1.29 is 27.3 Å². The second kappa shape index (κ2) is 7.65. The molecular formula is C18H16F3N3O3. The maximum Gasteiger partial charge on any atom is 0.416 e. The number of nitrogens with one attached hydrogen (secondary N) is 1. The van der Waals surface area contributed by atoms with E-state index in [2.05, 4.69) is 10.5 Å². The number of alkyl halides is 3. The Balaban J connectivity index is 1.48. The Bertz CT molecular complexity index is 857. The largest absolute Gasteiger partial charge is 0.416 e. The van der Waals surface area contributed by atoms with Crippen molar-refractivity contribution >= 4 is 17.9 Å². The fraction of sp³-hybridized carbons (Fsp3) is 0.278. The lowest BCUT2D eigenvalue weighted by atomic mass is 10.1. The Kier molecular flexibility index (Phi) is 5.29. The summed E-state index contributed by atoms with van der Waals surface area (Å²) in [5.41, 5.74) is 0.538. The van der Waals surface area contributed by atoms with Crippen molar-refractivity contribution in [3.8, 4) is 0 Å². The Morgan fingerprint density at radius 2 is 2.00 bits per heavy atom. The predicted octanol–water partition coefficient (Wildman–Crippen LogP) is 2.41. The quantitative estimate of drug-likeness (QED) is 0.828. The van der Waals surface area contributed by atoms with E-state index < -0.39 is 17.6 Å². The summed E-state index contributed by atoms with van der Waals surface area (Å²) in [6.07, 6.45) is 0.291. The van der Waals surface area contributed by atoms with Gasteiger partial charge >= 0.3 is 6.18 Å². The Hall–Kier alpha value is -3.10. The van der Waals surface area contributed by atoms with E-state index >= 15 is 0 Å². The molecule has 1 aliphatic heterocycles. The van der Waals surface area contributed by atoms with Gasteiger partial charge in [-0.1, -0.05) is 17.3 Å². The van der Waals surface area contributed by atoms with E-state index in [1.165, 1.54) is 24.3 Å². The van der Waals surface area contributed by atoms with Crippen molar-refractivity contribution in [1.82, 2.24) is 15.4 Å². The van der Waals surface area contributed by atoms with Crippen molar-refractivity contribution in [3.63, 3.8) is 0 Å². The Labute approximate surface area is 152 Å². The number of aromatic nitrogens is 1. The number of fused-ring (bicyclic) bond motifs is 1. The molecule has 0 spiro atoms. The molecule has 0 atom stereocenters. The smallest absolute Gasteiger partial charge is 0.361 e. The van der Waals surface area contributed by atoms with Crippen LogP contribution in [0, 0.1) is 0 Å². The number of hydrogen-bond donors (Lipinski definition) is 1. The zero-order valence-electron chi connectivity index (χ0n) is 14.1. The number of amides is 2. The van der Waals surface area contributed by atoms with Gasteiger partial charge in [0.2, 0.25) is 11.8 Å². The molecule has 3 rings (SSSR count). The standard InChI is InChI=1S/C18H16F3N3O3/c19-18(20,21)14-4-1-12(2-5-14)3-6-16(25)22-10-17(26)24-8-7-15-13(11-24)9-23-27-15/h1-6,9H,7-8,10-11H2,(H,22,25)/b6-3+. The van der Waals surface area contributed by atoms with Crippen LogP contribution in [0.2, 0.25) is 0 Å². The van der Waals surface area contributed by atoms with Gasteiger partial charge in [0.15, 0.2) is 0 Å². The lowest BCUT2D eigenvalue weighted by Gasteiger charge is -2.25. The normalized spacial score (nSPS) is 14.3. The zero-order valence-corrected chi connectivity index (χ0v) is 14.1. The summed E-state index contributed by atoms with van der Waals surface area (Å²) in [7, 11) is 0. The molecule has 0 bridgehead atoms. The first-order chi connectivity index (χ1) is 12.8. The van der Waals surface area contributed by atoms with E-state index in [1.807, 2.05) is 0 Å². The molecule has 1 aromatic carbocycles. The maximum absolute atomic E-state index is 12.5. The van der Waals surface area contributed by atoms with Crippen LogP contribution in [0.15, 0.2) is 41.1 Å². The van der Waals surface area contributed by atoms with Crippen LogP contribution in [-0.2, 0) is 28.7 Å². The van der Waals surface area contributed by atoms with E-state index in [0.717, 1.165) is 23.5 Å². The fourth-order valence-corrected chi connectivity index (χ4v) is 2.64. The summed E-state index contributed by atoms with van der Waals surface area (Å²) in [6, 6.07) is 4.41. The van der Waals surface area contributed by atoms with E-state index in [0.29, 0.717) is 25.1 Å². The minimum absolute atomic E-state index is 0.170. The van der Waals surface area contributed by atoms with E-state index in [-0.39, 0.29) is 12.5 Å². The van der Waals surface area contributed by atoms with Gasteiger partial charge in [-0.05, 0) is 23.8 Å². The van der Waals surface area contributed by atoms with Crippen molar-refractivity contribution in [2.24, 2.45) is 0 Å². The third-order valence-corrected chi connectivity index (χ3v) is 4.13. The molecule has 142 valence electrons. The average molecular weight is 379 g/mol. The summed E-state index contributed by atoms with van der Waals surface area (Å²) < 4.78 is 42.6. The number of benzene rings is 1. The molecule has 1 aliphatic rings. The SMILES string of the molecule is O=C(/C=C/c1ccc(C(F)(F)F)cc1)NCC(=O)N1CCc2oncc2C1. The lowest BCUT2D eigenvalue weighted by molar-refractivity contribution is -0.137. The van der Waals surface area contributed by atoms with Gasteiger partial charge < -0.3 is 14.7 Å². The molecule has 0 saturated carbocycles. The zero-order chi connectivity index (χ0) is 19.4. The van der Waals surface area contributed by atoms with Crippen molar-refractivity contribution in [2.75, 3.05) is 13.1 Å². The van der Waals surface area contributed by atoms with Gasteiger partial charge in [-0.3, -0.25) is 9.59 Å². The lowest BCUT2D eigenvalue weighted by Crippen LogP contribution is -2.42. The maximum atomic E-state index is 12.5. The summed E-state index contributed by atoms with van der Waals surface area (Å²) >= 11 is 0. The highest BCUT2D eigenvalue weighted by Gasteiger charge is 2.29. The third kappa shape index (κ3) is 4.75. The van der Waals surface area contributed by atoms with Gasteiger partial charge in [0.05, 0.1) is 24.8 Å². The number of halogens is 3. The van der Waals surface area contributed by atoms with E-state index in [9.17, 15) is 22.8 Å². The second-order valence-electron chi connectivity index (χ2n) is 6.01. The van der Waals surface area contributed by atoms with Gasteiger partial charge in [-0.15, -0.1) is 0 Å². The monoisotopic (exact) mass is 379 g/mol. The molecule has 6 nitrogen and oxygen atoms in total. The molecule has 9 heteroatoms. The van der Waals surface area contributed by atoms with Crippen LogP contribution < -0.4 is 5.32 Å². The highest BCUT2D eigenvalue weighted by Crippen LogP contribution is 2.29. The van der Waals surface area contributed by atoms with Crippen LogP contribution in [0.5, 0.6) is 0 Å². The Morgan fingerprint density at radius 3 is 2.70 bits per heavy atom. The second-order valence-corrected chi connectivity index (χ2v) is 6.01. The van der Waals surface area contributed by atoms with Crippen LogP contribution in [0.4, 0.5) is 13.2 Å². The number of carbonyl (C=O) groups excluding carboxylic acids is 2. The van der Waals surface area contributed by atoms with Crippen molar-refractivity contribution in [2.45, 2.75) is 19.1 Å². The minimum atomic E-state index is -4.40. The first-order valence-corrected chi connectivity index (χ1v) is 8.16. The summed E-state index contributed by atoms with van der Waals surface area (Å²) in [5.74, 6) is 0.0200. The molecule has 0 saturated heterocycles. The molecule has 0 radical (unpaired) electrons. The third-order valence-electron chi connectivity index (χ3n) is 4.13. The fourth-order valence-electron chi connectivity index (χ4n) is 2.64. The number of hydrogen-bond acceptors (Lipinski definition) is 4. The summed E-state index contributed by atoms with van der Waals surface area (Å²) in [5, 5.41) is 6.16. The van der Waals surface area contributed by atoms with Gasteiger partial charge in [0, 0.05) is 24.6 Å². The van der Waals surface area contributed by atoms with Gasteiger partial charge in [0.25, 0.3) is 0 Å². The molecule has 27 heavy (non-hydrogen) atoms. The molecule has 1 aromatic heterocycles. The molecular weight excluding hydrogens is 363 g/mol. The highest BCUT2D eigenvalue weighted by atomic mass is 19.4. The van der Waals surface area contributed by atoms with E-state index in [4.69, 9.17) is 4.52 Å². The number of rotatable bonds is 4.